The van der Waals surface area contributed by atoms with Crippen LogP contribution in [0.4, 0.5) is 0 Å². The van der Waals surface area contributed by atoms with Crippen molar-refractivity contribution in [2.45, 2.75) is 45.3 Å². The number of methoxy groups -OCH3 is 1. The molecular weight excluding hydrogens is 304 g/mol. The predicted molar refractivity (Wildman–Crippen MR) is 85.5 cm³/mol. The Balaban J connectivity index is 2.80. The molecule has 8 heteroatoms. The fourth-order valence-electron chi connectivity index (χ4n) is 2.80. The van der Waals surface area contributed by atoms with Crippen LogP contribution in [0.15, 0.2) is 0 Å². The zero-order chi connectivity index (χ0) is 16.9. The quantitative estimate of drug-likeness (QED) is 0.679. The van der Waals surface area contributed by atoms with Crippen molar-refractivity contribution in [3.05, 3.63) is 0 Å². The normalized spacial score (nSPS) is 26.0. The smallest absolute Gasteiger partial charge is 0.282 e. The van der Waals surface area contributed by atoms with Gasteiger partial charge in [-0.1, -0.05) is 0 Å². The number of rotatable bonds is 7. The van der Waals surface area contributed by atoms with E-state index in [1.807, 2.05) is 19.9 Å². The molecule has 0 spiro atoms. The maximum absolute atomic E-state index is 12.7. The van der Waals surface area contributed by atoms with E-state index in [0.717, 1.165) is 6.54 Å². The molecule has 0 aromatic carbocycles. The Morgan fingerprint density at radius 1 is 1.36 bits per heavy atom. The Morgan fingerprint density at radius 2 is 1.91 bits per heavy atom. The summed E-state index contributed by atoms with van der Waals surface area (Å²) in [5, 5.41) is 8.76. The van der Waals surface area contributed by atoms with Gasteiger partial charge in [-0.15, -0.1) is 0 Å². The number of hydrogen-bond donors (Lipinski definition) is 0. The van der Waals surface area contributed by atoms with Gasteiger partial charge in [0.1, 0.15) is 0 Å². The Labute approximate surface area is 134 Å². The first kappa shape index (κ1) is 19.3. The Bertz CT molecular complexity index is 479. The lowest BCUT2D eigenvalue weighted by Gasteiger charge is -2.44. The molecule has 1 heterocycles. The summed E-state index contributed by atoms with van der Waals surface area (Å²) in [6, 6.07) is 1.96. The maximum atomic E-state index is 12.7. The lowest BCUT2D eigenvalue weighted by molar-refractivity contribution is 0.0474. The van der Waals surface area contributed by atoms with Gasteiger partial charge in [-0.3, -0.25) is 4.90 Å². The molecule has 0 aromatic rings. The topological polar surface area (TPSA) is 76.9 Å². The van der Waals surface area contributed by atoms with Crippen molar-refractivity contribution in [3.63, 3.8) is 0 Å². The monoisotopic (exact) mass is 332 g/mol. The fourth-order valence-corrected chi connectivity index (χ4v) is 4.51. The summed E-state index contributed by atoms with van der Waals surface area (Å²) in [6.07, 6.45) is 0.189. The van der Waals surface area contributed by atoms with E-state index in [0.29, 0.717) is 19.7 Å². The van der Waals surface area contributed by atoms with Crippen molar-refractivity contribution in [1.29, 1.82) is 5.26 Å². The number of nitrogens with zero attached hydrogens (tertiary/aromatic N) is 4. The largest absolute Gasteiger partial charge is 0.383 e. The lowest BCUT2D eigenvalue weighted by Crippen LogP contribution is -2.60. The molecule has 0 unspecified atom stereocenters. The third-order valence-electron chi connectivity index (χ3n) is 4.32. The van der Waals surface area contributed by atoms with E-state index in [2.05, 4.69) is 4.90 Å². The van der Waals surface area contributed by atoms with Crippen LogP contribution in [-0.2, 0) is 14.9 Å². The van der Waals surface area contributed by atoms with Crippen LogP contribution in [0.25, 0.3) is 0 Å². The molecule has 0 aliphatic carbocycles. The highest BCUT2D eigenvalue weighted by atomic mass is 32.2. The minimum absolute atomic E-state index is 0.133. The standard InChI is InChI=1S/C14H28N4O3S/c1-12(6-7-15)16(4)22(19,20)17-10-13(2)18(8-9-21-5)14(3)11-17/h12-14H,6,8-11H2,1-5H3/t12-,13-,14+/m1/s1. The van der Waals surface area contributed by atoms with Gasteiger partial charge in [0.2, 0.25) is 0 Å². The van der Waals surface area contributed by atoms with Crippen molar-refractivity contribution < 1.29 is 13.2 Å². The van der Waals surface area contributed by atoms with Gasteiger partial charge in [-0.05, 0) is 20.8 Å². The third-order valence-corrected chi connectivity index (χ3v) is 6.36. The summed E-state index contributed by atoms with van der Waals surface area (Å²) >= 11 is 0. The second-order valence-electron chi connectivity index (χ2n) is 5.98. The Morgan fingerprint density at radius 3 is 2.36 bits per heavy atom. The van der Waals surface area contributed by atoms with Crippen molar-refractivity contribution >= 4 is 10.2 Å². The minimum atomic E-state index is -3.54. The van der Waals surface area contributed by atoms with E-state index in [-0.39, 0.29) is 24.5 Å². The van der Waals surface area contributed by atoms with Gasteiger partial charge in [0, 0.05) is 51.9 Å². The molecule has 0 bridgehead atoms. The summed E-state index contributed by atoms with van der Waals surface area (Å²) in [5.41, 5.74) is 0. The zero-order valence-corrected chi connectivity index (χ0v) is 15.0. The number of nitriles is 1. The zero-order valence-electron chi connectivity index (χ0n) is 14.2. The van der Waals surface area contributed by atoms with Crippen LogP contribution in [0.3, 0.4) is 0 Å². The molecule has 0 N–H and O–H groups in total. The van der Waals surface area contributed by atoms with Crippen LogP contribution in [-0.4, -0.2) is 80.5 Å². The average molecular weight is 332 g/mol. The van der Waals surface area contributed by atoms with Crippen LogP contribution in [0.5, 0.6) is 0 Å². The number of hydrogen-bond acceptors (Lipinski definition) is 5. The minimum Gasteiger partial charge on any atom is -0.383 e. The van der Waals surface area contributed by atoms with Crippen molar-refractivity contribution in [2.24, 2.45) is 0 Å². The van der Waals surface area contributed by atoms with Gasteiger partial charge >= 0.3 is 0 Å². The van der Waals surface area contributed by atoms with Crippen LogP contribution in [0.1, 0.15) is 27.2 Å². The summed E-state index contributed by atoms with van der Waals surface area (Å²) < 4.78 is 33.4. The van der Waals surface area contributed by atoms with Crippen LogP contribution in [0.2, 0.25) is 0 Å². The summed E-state index contributed by atoms with van der Waals surface area (Å²) in [5.74, 6) is 0. The van der Waals surface area contributed by atoms with Gasteiger partial charge in [0.05, 0.1) is 19.1 Å². The van der Waals surface area contributed by atoms with Gasteiger partial charge < -0.3 is 4.74 Å². The van der Waals surface area contributed by atoms with E-state index in [9.17, 15) is 8.42 Å². The molecule has 1 aliphatic rings. The van der Waals surface area contributed by atoms with Gasteiger partial charge in [0.25, 0.3) is 10.2 Å². The molecule has 1 rings (SSSR count). The molecule has 128 valence electrons. The lowest BCUT2D eigenvalue weighted by atomic mass is 10.1. The first-order chi connectivity index (χ1) is 10.3. The first-order valence-corrected chi connectivity index (χ1v) is 9.00. The van der Waals surface area contributed by atoms with Crippen LogP contribution < -0.4 is 0 Å². The molecule has 0 radical (unpaired) electrons. The molecule has 0 saturated carbocycles. The van der Waals surface area contributed by atoms with E-state index in [1.54, 1.807) is 21.1 Å². The molecule has 1 fully saturated rings. The van der Waals surface area contributed by atoms with Crippen molar-refractivity contribution in [2.75, 3.05) is 40.4 Å². The number of ether oxygens (including phenoxy) is 1. The SMILES string of the molecule is COCCN1[C@H](C)CN(S(=O)(=O)N(C)[C@H](C)CC#N)C[C@@H]1C. The third kappa shape index (κ3) is 4.40. The van der Waals surface area contributed by atoms with Crippen LogP contribution >= 0.6 is 0 Å². The first-order valence-electron chi connectivity index (χ1n) is 7.60. The second-order valence-corrected chi connectivity index (χ2v) is 7.97. The molecule has 0 amide bonds. The second kappa shape index (κ2) is 8.22. The van der Waals surface area contributed by atoms with E-state index < -0.39 is 10.2 Å². The Hall–Kier alpha value is -0.720. The highest BCUT2D eigenvalue weighted by Crippen LogP contribution is 2.21. The van der Waals surface area contributed by atoms with E-state index in [4.69, 9.17) is 10.00 Å². The fraction of sp³-hybridized carbons (Fsp3) is 0.929. The summed E-state index contributed by atoms with van der Waals surface area (Å²) in [4.78, 5) is 2.27. The average Bonchev–Trinajstić information content (AvgIpc) is 2.45. The molecule has 0 aromatic heterocycles. The van der Waals surface area contributed by atoms with Gasteiger partial charge in [-0.2, -0.15) is 22.3 Å². The molecule has 7 nitrogen and oxygen atoms in total. The summed E-state index contributed by atoms with van der Waals surface area (Å²) in [6.45, 7) is 8.18. The molecule has 1 saturated heterocycles. The summed E-state index contributed by atoms with van der Waals surface area (Å²) in [7, 11) is -0.322. The van der Waals surface area contributed by atoms with Gasteiger partial charge in [-0.25, -0.2) is 0 Å². The van der Waals surface area contributed by atoms with E-state index in [1.165, 1.54) is 8.61 Å². The number of piperazine rings is 1. The maximum Gasteiger partial charge on any atom is 0.282 e. The molecule has 3 atom stereocenters. The van der Waals surface area contributed by atoms with Gasteiger partial charge in [0.15, 0.2) is 0 Å². The van der Waals surface area contributed by atoms with Crippen LogP contribution in [0, 0.1) is 11.3 Å². The molecule has 22 heavy (non-hydrogen) atoms. The van der Waals surface area contributed by atoms with Crippen molar-refractivity contribution in [3.8, 4) is 6.07 Å². The highest BCUT2D eigenvalue weighted by Gasteiger charge is 2.38. The highest BCUT2D eigenvalue weighted by molar-refractivity contribution is 7.86. The molecular formula is C14H28N4O3S. The van der Waals surface area contributed by atoms with E-state index >= 15 is 0 Å². The molecule has 1 aliphatic heterocycles. The predicted octanol–water partition coefficient (Wildman–Crippen LogP) is 0.506. The Kier molecular flexibility index (Phi) is 7.22. The van der Waals surface area contributed by atoms with Crippen molar-refractivity contribution in [1.82, 2.24) is 13.5 Å².